The first kappa shape index (κ1) is 29.4. The largest absolute Gasteiger partial charge is 0.487 e. The van der Waals surface area contributed by atoms with Gasteiger partial charge >= 0.3 is 0 Å². The number of rotatable bonds is 6. The van der Waals surface area contributed by atoms with E-state index in [-0.39, 0.29) is 30.3 Å². The second-order valence-electron chi connectivity index (χ2n) is 6.44. The fourth-order valence-electron chi connectivity index (χ4n) is 2.53. The highest BCUT2D eigenvalue weighted by Gasteiger charge is 2.33. The number of halogens is 4. The highest BCUT2D eigenvalue weighted by atomic mass is 35.5. The zero-order chi connectivity index (χ0) is 25.7. The molecule has 14 heteroatoms. The molecule has 0 spiro atoms. The van der Waals surface area contributed by atoms with E-state index in [1.807, 2.05) is 6.07 Å². The molecular formula is C20H21Cl2F2N5O3S2. The fraction of sp³-hybridized carbons (Fsp3) is 0.200. The van der Waals surface area contributed by atoms with Crippen molar-refractivity contribution in [1.29, 1.82) is 0 Å². The van der Waals surface area contributed by atoms with Crippen LogP contribution in [-0.2, 0) is 16.9 Å². The summed E-state index contributed by atoms with van der Waals surface area (Å²) in [6.07, 6.45) is 2.64. The van der Waals surface area contributed by atoms with Gasteiger partial charge < -0.3 is 26.4 Å². The summed E-state index contributed by atoms with van der Waals surface area (Å²) in [7, 11) is 0. The van der Waals surface area contributed by atoms with Crippen molar-refractivity contribution < 1.29 is 23.7 Å². The second kappa shape index (κ2) is 14.6. The predicted octanol–water partition coefficient (Wildman–Crippen LogP) is 3.88. The molecule has 1 atom stereocenters. The number of hydrogen-bond acceptors (Lipinski definition) is 6. The predicted molar refractivity (Wildman–Crippen MR) is 134 cm³/mol. The van der Waals surface area contributed by atoms with Crippen molar-refractivity contribution in [3.05, 3.63) is 82.4 Å². The van der Waals surface area contributed by atoms with E-state index in [1.54, 1.807) is 18.2 Å². The average molecular weight is 552 g/mol. The van der Waals surface area contributed by atoms with Crippen molar-refractivity contribution in [1.82, 2.24) is 14.8 Å². The number of nitrogens with zero attached hydrogens (tertiary/aromatic N) is 3. The Morgan fingerprint density at radius 3 is 2.18 bits per heavy atom. The highest BCUT2D eigenvalue weighted by Crippen LogP contribution is 2.29. The maximum Gasteiger partial charge on any atom is 0.253 e. The molecule has 0 fully saturated rings. The minimum absolute atomic E-state index is 0.0211. The molecule has 0 aliphatic carbocycles. The van der Waals surface area contributed by atoms with Gasteiger partial charge in [0.05, 0.1) is 13.2 Å². The van der Waals surface area contributed by atoms with Gasteiger partial charge in [-0.15, -0.1) is 0 Å². The normalized spacial score (nSPS) is 11.7. The van der Waals surface area contributed by atoms with Gasteiger partial charge in [-0.05, 0) is 48.7 Å². The van der Waals surface area contributed by atoms with Gasteiger partial charge in [0.15, 0.2) is 0 Å². The van der Waals surface area contributed by atoms with E-state index < -0.39 is 22.4 Å². The Bertz CT molecular complexity index is 1060. The van der Waals surface area contributed by atoms with Gasteiger partial charge in [-0.3, -0.25) is 0 Å². The first-order valence-corrected chi connectivity index (χ1v) is 10.8. The number of aliphatic hydroxyl groups excluding tert-OH is 1. The molecule has 0 bridgehead atoms. The van der Waals surface area contributed by atoms with Crippen LogP contribution in [0, 0.1) is 11.6 Å². The number of thiocarbonyl (C=S) groups is 2. The van der Waals surface area contributed by atoms with Gasteiger partial charge in [0.25, 0.3) is 10.3 Å². The summed E-state index contributed by atoms with van der Waals surface area (Å²) in [5, 5.41) is 22.9. The quantitative estimate of drug-likeness (QED) is 0.337. The monoisotopic (exact) mass is 551 g/mol. The number of nitrogens with two attached hydrogens (primary N) is 2. The van der Waals surface area contributed by atoms with Gasteiger partial charge in [0.2, 0.25) is 0 Å². The summed E-state index contributed by atoms with van der Waals surface area (Å²) in [4.78, 5) is 3.76. The molecule has 0 aliphatic heterocycles. The van der Waals surface area contributed by atoms with Crippen LogP contribution in [0.2, 0.25) is 10.0 Å². The Balaban J connectivity index is 0.000000395. The first-order chi connectivity index (χ1) is 15.9. The zero-order valence-corrected chi connectivity index (χ0v) is 20.6. The van der Waals surface area contributed by atoms with Crippen LogP contribution in [0.15, 0.2) is 55.1 Å². The van der Waals surface area contributed by atoms with Gasteiger partial charge in [0, 0.05) is 28.1 Å². The Morgan fingerprint density at radius 2 is 1.74 bits per heavy atom. The maximum atomic E-state index is 14.0. The summed E-state index contributed by atoms with van der Waals surface area (Å²) < 4.78 is 33.4. The standard InChI is InChI=1S/C13H14F2N4O2S.C6H4Cl2.CH3NOS/c14-9-1-2-10(11(15)5-9)13(20,3-4-21-12(16)22)6-19-8-17-7-18-19;7-5-2-1-3-6(8)4-5;2-1(3)4/h1-2,5,7-8,20H,3-4,6H2,(H2,16,22);1-4H;(H3,2,3,4)/t13-;;/m0../s1. The third-order valence-corrected chi connectivity index (χ3v) is 4.46. The molecule has 1 aromatic heterocycles. The number of benzene rings is 2. The van der Waals surface area contributed by atoms with E-state index >= 15 is 0 Å². The van der Waals surface area contributed by atoms with Crippen LogP contribution in [0.4, 0.5) is 8.78 Å². The second-order valence-corrected chi connectivity index (χ2v) is 8.14. The smallest absolute Gasteiger partial charge is 0.253 e. The summed E-state index contributed by atoms with van der Waals surface area (Å²) >= 11 is 19.6. The molecule has 0 unspecified atom stereocenters. The lowest BCUT2D eigenvalue weighted by atomic mass is 9.90. The SMILES string of the molecule is Clc1cccc(Cl)c1.NC(=S)OCC[C@](O)(Cn1cncn1)c1ccc(F)cc1F.NC(O)=S. The van der Waals surface area contributed by atoms with E-state index in [0.717, 1.165) is 6.07 Å². The summed E-state index contributed by atoms with van der Waals surface area (Å²) in [5.41, 5.74) is 7.86. The molecule has 34 heavy (non-hydrogen) atoms. The topological polar surface area (TPSA) is 132 Å². The molecule has 8 nitrogen and oxygen atoms in total. The molecular weight excluding hydrogens is 531 g/mol. The van der Waals surface area contributed by atoms with Crippen molar-refractivity contribution >= 4 is 58.0 Å². The Kier molecular flexibility index (Phi) is 12.6. The number of aromatic nitrogens is 3. The fourth-order valence-corrected chi connectivity index (χ4v) is 3.05. The molecule has 3 aromatic rings. The van der Waals surface area contributed by atoms with Crippen molar-refractivity contribution in [3.63, 3.8) is 0 Å². The molecule has 6 N–H and O–H groups in total. The van der Waals surface area contributed by atoms with Crippen LogP contribution in [0.3, 0.4) is 0 Å². The van der Waals surface area contributed by atoms with Crippen molar-refractivity contribution in [2.24, 2.45) is 11.5 Å². The van der Waals surface area contributed by atoms with Crippen LogP contribution in [0.25, 0.3) is 0 Å². The Morgan fingerprint density at radius 1 is 1.12 bits per heavy atom. The molecule has 0 saturated carbocycles. The molecule has 0 amide bonds. The van der Waals surface area contributed by atoms with E-state index in [1.165, 1.54) is 23.4 Å². The minimum atomic E-state index is -1.68. The van der Waals surface area contributed by atoms with Gasteiger partial charge in [-0.1, -0.05) is 35.3 Å². The van der Waals surface area contributed by atoms with Crippen LogP contribution in [-0.4, -0.2) is 41.9 Å². The van der Waals surface area contributed by atoms with Crippen molar-refractivity contribution in [2.75, 3.05) is 6.61 Å². The zero-order valence-electron chi connectivity index (χ0n) is 17.4. The molecule has 2 aromatic carbocycles. The van der Waals surface area contributed by atoms with Gasteiger partial charge in [0.1, 0.15) is 29.9 Å². The lowest BCUT2D eigenvalue weighted by molar-refractivity contribution is -0.00894. The summed E-state index contributed by atoms with van der Waals surface area (Å²) in [6, 6.07) is 10.0. The lowest BCUT2D eigenvalue weighted by Gasteiger charge is -2.28. The summed E-state index contributed by atoms with van der Waals surface area (Å²) in [6.45, 7) is -0.117. The van der Waals surface area contributed by atoms with E-state index in [4.69, 9.17) is 38.8 Å². The van der Waals surface area contributed by atoms with E-state index in [0.29, 0.717) is 16.1 Å². The molecule has 184 valence electrons. The van der Waals surface area contributed by atoms with Crippen LogP contribution in [0.5, 0.6) is 0 Å². The van der Waals surface area contributed by atoms with Crippen molar-refractivity contribution in [2.45, 2.75) is 18.6 Å². The Hall–Kier alpha value is -2.64. The third-order valence-electron chi connectivity index (χ3n) is 3.87. The van der Waals surface area contributed by atoms with Crippen LogP contribution in [0.1, 0.15) is 12.0 Å². The van der Waals surface area contributed by atoms with Crippen molar-refractivity contribution in [3.8, 4) is 0 Å². The molecule has 0 aliphatic rings. The van der Waals surface area contributed by atoms with Gasteiger partial charge in [-0.2, -0.15) is 5.10 Å². The lowest BCUT2D eigenvalue weighted by Crippen LogP contribution is -2.35. The maximum absolute atomic E-state index is 14.0. The van der Waals surface area contributed by atoms with Crippen LogP contribution >= 0.6 is 47.6 Å². The van der Waals surface area contributed by atoms with E-state index in [2.05, 4.69) is 40.3 Å². The highest BCUT2D eigenvalue weighted by molar-refractivity contribution is 7.80. The average Bonchev–Trinajstić information content (AvgIpc) is 3.20. The molecule has 0 radical (unpaired) electrons. The minimum Gasteiger partial charge on any atom is -0.487 e. The van der Waals surface area contributed by atoms with E-state index in [9.17, 15) is 13.9 Å². The molecule has 1 heterocycles. The van der Waals surface area contributed by atoms with Crippen LogP contribution < -0.4 is 11.5 Å². The molecule has 3 rings (SSSR count). The summed E-state index contributed by atoms with van der Waals surface area (Å²) in [5.74, 6) is -1.60. The molecule has 0 saturated heterocycles. The first-order valence-electron chi connectivity index (χ1n) is 9.25. The number of aliphatic hydroxyl groups is 2. The number of ether oxygens (including phenoxy) is 1. The number of hydrogen-bond donors (Lipinski definition) is 4. The Labute approximate surface area is 215 Å². The van der Waals surface area contributed by atoms with Gasteiger partial charge in [-0.25, -0.2) is 18.4 Å². The third kappa shape index (κ3) is 11.5.